The number of aromatic nitrogens is 4. The molecule has 1 N–H and O–H groups in total. The van der Waals surface area contributed by atoms with Gasteiger partial charge in [-0.1, -0.05) is 6.92 Å². The van der Waals surface area contributed by atoms with Gasteiger partial charge in [-0.25, -0.2) is 0 Å². The minimum atomic E-state index is -0.139. The molecule has 2 rings (SSSR count). The van der Waals surface area contributed by atoms with Crippen molar-refractivity contribution < 1.29 is 4.79 Å². The Labute approximate surface area is 119 Å². The van der Waals surface area contributed by atoms with Crippen LogP contribution < -0.4 is 5.32 Å². The minimum absolute atomic E-state index is 0.00724. The summed E-state index contributed by atoms with van der Waals surface area (Å²) in [5.74, 6) is -0.132. The third-order valence-corrected chi connectivity index (χ3v) is 3.29. The molecule has 2 aromatic rings. The molecular formula is C12H16BrN5O. The van der Waals surface area contributed by atoms with Gasteiger partial charge in [0.25, 0.3) is 0 Å². The molecule has 0 bridgehead atoms. The zero-order valence-corrected chi connectivity index (χ0v) is 12.5. The topological polar surface area (TPSA) is 64.7 Å². The Bertz CT molecular complexity index is 562. The van der Waals surface area contributed by atoms with Gasteiger partial charge in [0.15, 0.2) is 0 Å². The Morgan fingerprint density at radius 1 is 1.53 bits per heavy atom. The molecule has 2 heterocycles. The fourth-order valence-corrected chi connectivity index (χ4v) is 2.06. The molecule has 0 aromatic carbocycles. The van der Waals surface area contributed by atoms with E-state index in [-0.39, 0.29) is 11.8 Å². The van der Waals surface area contributed by atoms with Gasteiger partial charge in [0, 0.05) is 19.4 Å². The first-order chi connectivity index (χ1) is 9.06. The maximum absolute atomic E-state index is 12.0. The smallest absolute Gasteiger partial charge is 0.225 e. The van der Waals surface area contributed by atoms with Gasteiger partial charge in [-0.2, -0.15) is 10.2 Å². The van der Waals surface area contributed by atoms with Gasteiger partial charge in [-0.15, -0.1) is 0 Å². The van der Waals surface area contributed by atoms with Gasteiger partial charge >= 0.3 is 0 Å². The Morgan fingerprint density at radius 2 is 2.32 bits per heavy atom. The molecule has 7 heteroatoms. The second-order valence-corrected chi connectivity index (χ2v) is 5.36. The first kappa shape index (κ1) is 13.8. The molecule has 0 saturated carbocycles. The van der Waals surface area contributed by atoms with Gasteiger partial charge in [-0.05, 0) is 22.0 Å². The summed E-state index contributed by atoms with van der Waals surface area (Å²) in [6, 6.07) is 1.88. The van der Waals surface area contributed by atoms with E-state index in [1.807, 2.05) is 26.2 Å². The summed E-state index contributed by atoms with van der Waals surface area (Å²) in [5, 5.41) is 11.1. The molecule has 0 spiro atoms. The summed E-state index contributed by atoms with van der Waals surface area (Å²) in [7, 11) is 1.85. The van der Waals surface area contributed by atoms with Crippen molar-refractivity contribution in [3.8, 4) is 0 Å². The lowest BCUT2D eigenvalue weighted by atomic mass is 10.1. The average molecular weight is 326 g/mol. The molecule has 102 valence electrons. The molecule has 0 aliphatic carbocycles. The monoisotopic (exact) mass is 325 g/mol. The fourth-order valence-electron chi connectivity index (χ4n) is 1.73. The Morgan fingerprint density at radius 3 is 2.89 bits per heavy atom. The predicted octanol–water partition coefficient (Wildman–Crippen LogP) is 1.33. The maximum atomic E-state index is 12.0. The highest BCUT2D eigenvalue weighted by molar-refractivity contribution is 9.10. The van der Waals surface area contributed by atoms with E-state index in [1.54, 1.807) is 21.8 Å². The zero-order chi connectivity index (χ0) is 13.8. The van der Waals surface area contributed by atoms with Crippen molar-refractivity contribution in [1.29, 1.82) is 0 Å². The van der Waals surface area contributed by atoms with Crippen molar-refractivity contribution >= 4 is 21.8 Å². The molecule has 0 radical (unpaired) electrons. The van der Waals surface area contributed by atoms with Crippen LogP contribution >= 0.6 is 15.9 Å². The van der Waals surface area contributed by atoms with Crippen LogP contribution in [0.2, 0.25) is 0 Å². The highest BCUT2D eigenvalue weighted by atomic mass is 79.9. The molecule has 0 aliphatic rings. The summed E-state index contributed by atoms with van der Waals surface area (Å²) >= 11 is 3.33. The minimum Gasteiger partial charge on any atom is -0.350 e. The van der Waals surface area contributed by atoms with E-state index in [0.717, 1.165) is 10.2 Å². The van der Waals surface area contributed by atoms with Crippen molar-refractivity contribution in [2.45, 2.75) is 20.0 Å². The number of nitrogens with one attached hydrogen (secondary N) is 1. The summed E-state index contributed by atoms with van der Waals surface area (Å²) in [6.45, 7) is 2.93. The second-order valence-electron chi connectivity index (χ2n) is 4.45. The van der Waals surface area contributed by atoms with Crippen LogP contribution in [0.4, 0.5) is 0 Å². The fraction of sp³-hybridized carbons (Fsp3) is 0.417. The van der Waals surface area contributed by atoms with E-state index in [2.05, 4.69) is 31.4 Å². The van der Waals surface area contributed by atoms with Gasteiger partial charge in [0.1, 0.15) is 0 Å². The molecular weight excluding hydrogens is 310 g/mol. The van der Waals surface area contributed by atoms with E-state index < -0.39 is 0 Å². The zero-order valence-electron chi connectivity index (χ0n) is 10.9. The Balaban J connectivity index is 1.84. The summed E-state index contributed by atoms with van der Waals surface area (Å²) in [4.78, 5) is 12.0. The maximum Gasteiger partial charge on any atom is 0.225 e. The Hall–Kier alpha value is -1.63. The number of carbonyl (C=O) groups excluding carboxylic acids is 1. The second kappa shape index (κ2) is 6.01. The molecule has 1 unspecified atom stereocenters. The van der Waals surface area contributed by atoms with E-state index in [1.165, 1.54) is 0 Å². The van der Waals surface area contributed by atoms with E-state index in [0.29, 0.717) is 13.1 Å². The van der Waals surface area contributed by atoms with E-state index in [4.69, 9.17) is 0 Å². The third-order valence-electron chi connectivity index (χ3n) is 2.88. The molecule has 1 amide bonds. The van der Waals surface area contributed by atoms with Crippen LogP contribution in [0.5, 0.6) is 0 Å². The first-order valence-electron chi connectivity index (χ1n) is 5.99. The van der Waals surface area contributed by atoms with Crippen molar-refractivity contribution in [2.75, 3.05) is 0 Å². The summed E-state index contributed by atoms with van der Waals surface area (Å²) in [5.41, 5.74) is 0.974. The van der Waals surface area contributed by atoms with E-state index in [9.17, 15) is 4.79 Å². The SMILES string of the molecule is CC(Cn1cc(Br)cn1)C(=O)NCc1ccnn1C. The number of carbonyl (C=O) groups is 1. The van der Waals surface area contributed by atoms with Crippen molar-refractivity contribution in [2.24, 2.45) is 13.0 Å². The quantitative estimate of drug-likeness (QED) is 0.902. The van der Waals surface area contributed by atoms with E-state index >= 15 is 0 Å². The third kappa shape index (κ3) is 3.66. The van der Waals surface area contributed by atoms with Crippen LogP contribution in [0.15, 0.2) is 29.1 Å². The number of amides is 1. The molecule has 0 aliphatic heterocycles. The van der Waals surface area contributed by atoms with Gasteiger partial charge in [-0.3, -0.25) is 14.2 Å². The van der Waals surface area contributed by atoms with Crippen molar-refractivity contribution in [3.63, 3.8) is 0 Å². The largest absolute Gasteiger partial charge is 0.350 e. The van der Waals surface area contributed by atoms with Crippen LogP contribution in [-0.2, 0) is 24.9 Å². The normalized spacial score (nSPS) is 12.4. The van der Waals surface area contributed by atoms with Crippen LogP contribution in [0.25, 0.3) is 0 Å². The number of aryl methyl sites for hydroxylation is 1. The lowest BCUT2D eigenvalue weighted by Gasteiger charge is -2.12. The molecule has 0 fully saturated rings. The number of rotatable bonds is 5. The number of halogens is 1. The number of hydrogen-bond donors (Lipinski definition) is 1. The average Bonchev–Trinajstić information content (AvgIpc) is 2.95. The molecule has 6 nitrogen and oxygen atoms in total. The van der Waals surface area contributed by atoms with Crippen LogP contribution in [-0.4, -0.2) is 25.5 Å². The predicted molar refractivity (Wildman–Crippen MR) is 74.1 cm³/mol. The summed E-state index contributed by atoms with van der Waals surface area (Å²) in [6.07, 6.45) is 5.28. The number of nitrogens with zero attached hydrogens (tertiary/aromatic N) is 4. The number of hydrogen-bond acceptors (Lipinski definition) is 3. The molecule has 19 heavy (non-hydrogen) atoms. The van der Waals surface area contributed by atoms with Gasteiger partial charge < -0.3 is 5.32 Å². The molecule has 2 aromatic heterocycles. The van der Waals surface area contributed by atoms with Crippen LogP contribution in [0.3, 0.4) is 0 Å². The van der Waals surface area contributed by atoms with Crippen LogP contribution in [0.1, 0.15) is 12.6 Å². The first-order valence-corrected chi connectivity index (χ1v) is 6.78. The highest BCUT2D eigenvalue weighted by Gasteiger charge is 2.14. The molecule has 0 saturated heterocycles. The van der Waals surface area contributed by atoms with Gasteiger partial charge in [0.2, 0.25) is 5.91 Å². The Kier molecular flexibility index (Phi) is 4.36. The molecule has 1 atom stereocenters. The van der Waals surface area contributed by atoms with Gasteiger partial charge in [0.05, 0.1) is 35.4 Å². The van der Waals surface area contributed by atoms with Crippen LogP contribution in [0, 0.1) is 5.92 Å². The van der Waals surface area contributed by atoms with Crippen molar-refractivity contribution in [1.82, 2.24) is 24.9 Å². The standard InChI is InChI=1S/C12H16BrN5O/c1-9(7-18-8-10(13)5-16-18)12(19)14-6-11-3-4-15-17(11)2/h3-5,8-9H,6-7H2,1-2H3,(H,14,19). The highest BCUT2D eigenvalue weighted by Crippen LogP contribution is 2.08. The van der Waals surface area contributed by atoms with Crippen molar-refractivity contribution in [3.05, 3.63) is 34.8 Å². The lowest BCUT2D eigenvalue weighted by molar-refractivity contribution is -0.125. The lowest BCUT2D eigenvalue weighted by Crippen LogP contribution is -2.31. The summed E-state index contributed by atoms with van der Waals surface area (Å²) < 4.78 is 4.41.